The lowest BCUT2D eigenvalue weighted by Gasteiger charge is -2.11. The lowest BCUT2D eigenvalue weighted by molar-refractivity contribution is -0.135. The molecule has 7 nitrogen and oxygen atoms in total. The molecule has 0 spiro atoms. The highest BCUT2D eigenvalue weighted by molar-refractivity contribution is 7.96. The SMILES string of the molecule is COC(=O)/C(=C\Nc1ccc2c(c1)OCO2)S(=O)(=O)c1ccc(C(C)C)cc1. The molecule has 0 atom stereocenters. The number of sulfone groups is 1. The van der Waals surface area contributed by atoms with E-state index < -0.39 is 20.7 Å². The van der Waals surface area contributed by atoms with E-state index in [-0.39, 0.29) is 17.6 Å². The minimum Gasteiger partial charge on any atom is -0.465 e. The van der Waals surface area contributed by atoms with Crippen molar-refractivity contribution in [3.8, 4) is 11.5 Å². The maximum Gasteiger partial charge on any atom is 0.351 e. The van der Waals surface area contributed by atoms with Crippen LogP contribution in [-0.2, 0) is 19.4 Å². The Kier molecular flexibility index (Phi) is 5.60. The van der Waals surface area contributed by atoms with Gasteiger partial charge < -0.3 is 19.5 Å². The molecule has 0 bridgehead atoms. The van der Waals surface area contributed by atoms with E-state index in [2.05, 4.69) is 10.1 Å². The summed E-state index contributed by atoms with van der Waals surface area (Å²) in [6, 6.07) is 11.5. The van der Waals surface area contributed by atoms with Crippen molar-refractivity contribution >= 4 is 21.5 Å². The van der Waals surface area contributed by atoms with E-state index >= 15 is 0 Å². The van der Waals surface area contributed by atoms with Crippen LogP contribution in [0, 0.1) is 0 Å². The molecule has 1 aliphatic heterocycles. The summed E-state index contributed by atoms with van der Waals surface area (Å²) < 4.78 is 41.1. The van der Waals surface area contributed by atoms with Crippen LogP contribution in [0.4, 0.5) is 5.69 Å². The number of carbonyl (C=O) groups excluding carboxylic acids is 1. The molecule has 3 rings (SSSR count). The van der Waals surface area contributed by atoms with Crippen LogP contribution in [0.2, 0.25) is 0 Å². The number of esters is 1. The normalized spacial score (nSPS) is 13.5. The van der Waals surface area contributed by atoms with Gasteiger partial charge in [0, 0.05) is 18.0 Å². The monoisotopic (exact) mass is 403 g/mol. The van der Waals surface area contributed by atoms with Gasteiger partial charge in [-0.15, -0.1) is 0 Å². The molecule has 0 saturated carbocycles. The summed E-state index contributed by atoms with van der Waals surface area (Å²) in [5.41, 5.74) is 1.54. The molecule has 8 heteroatoms. The lowest BCUT2D eigenvalue weighted by Crippen LogP contribution is -2.17. The predicted molar refractivity (Wildman–Crippen MR) is 104 cm³/mol. The second-order valence-electron chi connectivity index (χ2n) is 6.44. The fourth-order valence-electron chi connectivity index (χ4n) is 2.64. The van der Waals surface area contributed by atoms with Gasteiger partial charge >= 0.3 is 5.97 Å². The predicted octanol–water partition coefficient (Wildman–Crippen LogP) is 3.44. The number of methoxy groups -OCH3 is 1. The Morgan fingerprint density at radius 2 is 1.79 bits per heavy atom. The third-order valence-corrected chi connectivity index (χ3v) is 6.03. The fraction of sp³-hybridized carbons (Fsp3) is 0.250. The Morgan fingerprint density at radius 1 is 1.11 bits per heavy atom. The Balaban J connectivity index is 1.92. The first kappa shape index (κ1) is 19.8. The number of fused-ring (bicyclic) bond motifs is 1. The summed E-state index contributed by atoms with van der Waals surface area (Å²) in [5.74, 6) is 0.437. The zero-order valence-corrected chi connectivity index (χ0v) is 16.6. The summed E-state index contributed by atoms with van der Waals surface area (Å²) in [4.78, 5) is 11.7. The van der Waals surface area contributed by atoms with Crippen molar-refractivity contribution in [3.05, 3.63) is 59.1 Å². The summed E-state index contributed by atoms with van der Waals surface area (Å²) in [7, 11) is -2.94. The van der Waals surface area contributed by atoms with Crippen LogP contribution < -0.4 is 14.8 Å². The number of rotatable bonds is 6. The number of anilines is 1. The molecule has 2 aromatic carbocycles. The van der Waals surface area contributed by atoms with E-state index in [1.807, 2.05) is 13.8 Å². The number of ether oxygens (including phenoxy) is 3. The zero-order valence-electron chi connectivity index (χ0n) is 15.8. The number of hydrogen-bond donors (Lipinski definition) is 1. The first-order valence-corrected chi connectivity index (χ1v) is 10.1. The molecule has 0 fully saturated rings. The quantitative estimate of drug-likeness (QED) is 0.583. The van der Waals surface area contributed by atoms with Gasteiger partial charge in [-0.25, -0.2) is 13.2 Å². The molecular weight excluding hydrogens is 382 g/mol. The molecule has 2 aromatic rings. The van der Waals surface area contributed by atoms with Crippen LogP contribution in [-0.4, -0.2) is 28.3 Å². The average molecular weight is 403 g/mol. The van der Waals surface area contributed by atoms with Crippen molar-refractivity contribution in [2.75, 3.05) is 19.2 Å². The molecule has 1 aliphatic rings. The zero-order chi connectivity index (χ0) is 20.3. The van der Waals surface area contributed by atoms with Crippen molar-refractivity contribution in [2.45, 2.75) is 24.7 Å². The number of benzene rings is 2. The molecule has 148 valence electrons. The van der Waals surface area contributed by atoms with E-state index in [0.717, 1.165) is 18.9 Å². The van der Waals surface area contributed by atoms with Crippen LogP contribution >= 0.6 is 0 Å². The largest absolute Gasteiger partial charge is 0.465 e. The summed E-state index contributed by atoms with van der Waals surface area (Å²) >= 11 is 0. The standard InChI is InChI=1S/C20H21NO6S/c1-13(2)14-4-7-16(8-5-14)28(23,24)19(20(22)25-3)11-21-15-6-9-17-18(10-15)27-12-26-17/h4-11,13,21H,12H2,1-3H3/b19-11+. The fourth-order valence-corrected chi connectivity index (χ4v) is 3.91. The molecule has 0 unspecified atom stereocenters. The van der Waals surface area contributed by atoms with Crippen molar-refractivity contribution < 1.29 is 27.4 Å². The van der Waals surface area contributed by atoms with Crippen molar-refractivity contribution in [2.24, 2.45) is 0 Å². The topological polar surface area (TPSA) is 90.9 Å². The number of carbonyl (C=O) groups is 1. The van der Waals surface area contributed by atoms with Crippen molar-refractivity contribution in [1.82, 2.24) is 0 Å². The maximum absolute atomic E-state index is 13.0. The van der Waals surface area contributed by atoms with Crippen LogP contribution in [0.5, 0.6) is 11.5 Å². The summed E-state index contributed by atoms with van der Waals surface area (Å²) in [6.07, 6.45) is 1.12. The molecule has 0 aromatic heterocycles. The van der Waals surface area contributed by atoms with E-state index in [9.17, 15) is 13.2 Å². The third-order valence-electron chi connectivity index (χ3n) is 4.28. The van der Waals surface area contributed by atoms with Crippen LogP contribution in [0.15, 0.2) is 58.5 Å². The highest BCUT2D eigenvalue weighted by Crippen LogP contribution is 2.34. The van der Waals surface area contributed by atoms with Crippen LogP contribution in [0.25, 0.3) is 0 Å². The van der Waals surface area contributed by atoms with Crippen LogP contribution in [0.3, 0.4) is 0 Å². The first-order chi connectivity index (χ1) is 13.3. The van der Waals surface area contributed by atoms with Gasteiger partial charge in [0.05, 0.1) is 12.0 Å². The highest BCUT2D eigenvalue weighted by atomic mass is 32.2. The smallest absolute Gasteiger partial charge is 0.351 e. The van der Waals surface area contributed by atoms with Crippen molar-refractivity contribution in [3.63, 3.8) is 0 Å². The van der Waals surface area contributed by atoms with Gasteiger partial charge in [-0.05, 0) is 35.7 Å². The summed E-state index contributed by atoms with van der Waals surface area (Å²) in [5, 5.41) is 2.82. The molecule has 1 heterocycles. The van der Waals surface area contributed by atoms with Gasteiger partial charge in [-0.3, -0.25) is 0 Å². The molecular formula is C20H21NO6S. The average Bonchev–Trinajstić information content (AvgIpc) is 3.15. The number of nitrogens with one attached hydrogen (secondary N) is 1. The molecule has 0 saturated heterocycles. The Hall–Kier alpha value is -3.00. The summed E-state index contributed by atoms with van der Waals surface area (Å²) in [6.45, 7) is 4.15. The van der Waals surface area contributed by atoms with E-state index in [0.29, 0.717) is 17.2 Å². The van der Waals surface area contributed by atoms with Gasteiger partial charge in [0.25, 0.3) is 0 Å². The maximum atomic E-state index is 13.0. The Morgan fingerprint density at radius 3 is 2.43 bits per heavy atom. The minimum absolute atomic E-state index is 0.0148. The van der Waals surface area contributed by atoms with Gasteiger partial charge in [0.1, 0.15) is 0 Å². The Bertz CT molecular complexity index is 1010. The molecule has 0 aliphatic carbocycles. The molecule has 0 amide bonds. The Labute approximate surface area is 163 Å². The van der Waals surface area contributed by atoms with Gasteiger partial charge in [-0.1, -0.05) is 26.0 Å². The van der Waals surface area contributed by atoms with Crippen LogP contribution in [0.1, 0.15) is 25.3 Å². The van der Waals surface area contributed by atoms with Crippen molar-refractivity contribution in [1.29, 1.82) is 0 Å². The second-order valence-corrected chi connectivity index (χ2v) is 8.36. The van der Waals surface area contributed by atoms with Gasteiger partial charge in [0.15, 0.2) is 16.4 Å². The minimum atomic E-state index is -4.07. The van der Waals surface area contributed by atoms with Gasteiger partial charge in [0.2, 0.25) is 16.6 Å². The molecule has 28 heavy (non-hydrogen) atoms. The van der Waals surface area contributed by atoms with E-state index in [1.165, 1.54) is 12.1 Å². The molecule has 1 N–H and O–H groups in total. The van der Waals surface area contributed by atoms with E-state index in [1.54, 1.807) is 30.3 Å². The second kappa shape index (κ2) is 7.93. The lowest BCUT2D eigenvalue weighted by atomic mass is 10.0. The van der Waals surface area contributed by atoms with E-state index in [4.69, 9.17) is 9.47 Å². The molecule has 0 radical (unpaired) electrons. The number of hydrogen-bond acceptors (Lipinski definition) is 7. The third kappa shape index (κ3) is 3.96. The van der Waals surface area contributed by atoms with Gasteiger partial charge in [-0.2, -0.15) is 0 Å². The highest BCUT2D eigenvalue weighted by Gasteiger charge is 2.28. The first-order valence-electron chi connectivity index (χ1n) is 8.62.